The second-order valence-corrected chi connectivity index (χ2v) is 2.86. The van der Waals surface area contributed by atoms with Gasteiger partial charge in [0.1, 0.15) is 5.69 Å². The average Bonchev–Trinajstić information content (AvgIpc) is 2.71. The van der Waals surface area contributed by atoms with Crippen LogP contribution in [0.5, 0.6) is 0 Å². The number of nitrogens with zero attached hydrogens (tertiary/aromatic N) is 3. The molecule has 0 fully saturated rings. The van der Waals surface area contributed by atoms with Crippen molar-refractivity contribution in [3.8, 4) is 0 Å². The maximum Gasteiger partial charge on any atom is 0.108 e. The van der Waals surface area contributed by atoms with Crippen molar-refractivity contribution >= 4 is 0 Å². The van der Waals surface area contributed by atoms with Crippen molar-refractivity contribution in [3.63, 3.8) is 0 Å². The molecule has 0 saturated carbocycles. The standard InChI is InChI=1S/C9H15N5O/c1-3-11-4-8(10-2)5-14-6-9(7-15)12-13-14/h3-4,6,10-11,15H,1,5,7H2,2H3/b8-4-. The quantitative estimate of drug-likeness (QED) is 0.592. The largest absolute Gasteiger partial charge is 0.390 e. The molecule has 0 spiro atoms. The molecule has 6 nitrogen and oxygen atoms in total. The number of hydrogen-bond acceptors (Lipinski definition) is 5. The van der Waals surface area contributed by atoms with Crippen LogP contribution in [-0.2, 0) is 13.2 Å². The lowest BCUT2D eigenvalue weighted by molar-refractivity contribution is 0.276. The zero-order chi connectivity index (χ0) is 11.1. The zero-order valence-electron chi connectivity index (χ0n) is 8.64. The Balaban J connectivity index is 2.61. The van der Waals surface area contributed by atoms with E-state index in [0.29, 0.717) is 12.2 Å². The van der Waals surface area contributed by atoms with Crippen LogP contribution in [0.25, 0.3) is 0 Å². The number of aromatic nitrogens is 3. The van der Waals surface area contributed by atoms with Crippen molar-refractivity contribution in [3.05, 3.63) is 36.6 Å². The number of likely N-dealkylation sites (N-methyl/N-ethyl adjacent to an activating group) is 1. The lowest BCUT2D eigenvalue weighted by Crippen LogP contribution is -2.15. The summed E-state index contributed by atoms with van der Waals surface area (Å²) in [5, 5.41) is 22.3. The van der Waals surface area contributed by atoms with Crippen LogP contribution >= 0.6 is 0 Å². The first-order chi connectivity index (χ1) is 7.30. The van der Waals surface area contributed by atoms with Gasteiger partial charge < -0.3 is 15.7 Å². The Labute approximate surface area is 88.3 Å². The van der Waals surface area contributed by atoms with Gasteiger partial charge in [-0.1, -0.05) is 11.8 Å². The zero-order valence-corrected chi connectivity index (χ0v) is 8.64. The van der Waals surface area contributed by atoms with Crippen LogP contribution in [0.4, 0.5) is 0 Å². The molecule has 0 aliphatic rings. The highest BCUT2D eigenvalue weighted by Gasteiger charge is 2.00. The molecular formula is C9H15N5O. The van der Waals surface area contributed by atoms with Gasteiger partial charge in [-0.05, 0) is 6.20 Å². The van der Waals surface area contributed by atoms with Gasteiger partial charge in [-0.25, -0.2) is 4.68 Å². The molecule has 0 bridgehead atoms. The van der Waals surface area contributed by atoms with E-state index in [1.54, 1.807) is 23.3 Å². The van der Waals surface area contributed by atoms with E-state index in [1.807, 2.05) is 7.05 Å². The fourth-order valence-corrected chi connectivity index (χ4v) is 1.02. The third kappa shape index (κ3) is 3.43. The van der Waals surface area contributed by atoms with E-state index in [0.717, 1.165) is 5.70 Å². The summed E-state index contributed by atoms with van der Waals surface area (Å²) in [6.45, 7) is 4.01. The fraction of sp³-hybridized carbons (Fsp3) is 0.333. The third-order valence-electron chi connectivity index (χ3n) is 1.78. The van der Waals surface area contributed by atoms with Crippen molar-refractivity contribution in [1.82, 2.24) is 25.6 Å². The van der Waals surface area contributed by atoms with E-state index >= 15 is 0 Å². The number of nitrogens with one attached hydrogen (secondary N) is 2. The molecule has 0 unspecified atom stereocenters. The van der Waals surface area contributed by atoms with E-state index in [9.17, 15) is 0 Å². The molecule has 1 rings (SSSR count). The molecule has 0 aliphatic carbocycles. The Hall–Kier alpha value is -1.82. The maximum atomic E-state index is 8.81. The van der Waals surface area contributed by atoms with Gasteiger partial charge in [0.05, 0.1) is 19.3 Å². The number of aliphatic hydroxyl groups excluding tert-OH is 1. The van der Waals surface area contributed by atoms with Crippen molar-refractivity contribution in [2.75, 3.05) is 7.05 Å². The Bertz CT molecular complexity index is 344. The summed E-state index contributed by atoms with van der Waals surface area (Å²) in [4.78, 5) is 0. The highest BCUT2D eigenvalue weighted by molar-refractivity contribution is 5.00. The van der Waals surface area contributed by atoms with Crippen LogP contribution in [0.3, 0.4) is 0 Å². The van der Waals surface area contributed by atoms with Crippen molar-refractivity contribution in [2.24, 2.45) is 0 Å². The van der Waals surface area contributed by atoms with Crippen LogP contribution in [0, 0.1) is 0 Å². The fourth-order valence-electron chi connectivity index (χ4n) is 1.02. The third-order valence-corrected chi connectivity index (χ3v) is 1.78. The Morgan fingerprint density at radius 3 is 3.07 bits per heavy atom. The molecule has 0 radical (unpaired) electrons. The lowest BCUT2D eigenvalue weighted by Gasteiger charge is -2.05. The minimum atomic E-state index is -0.0937. The molecule has 0 atom stereocenters. The van der Waals surface area contributed by atoms with Crippen LogP contribution in [0.1, 0.15) is 5.69 Å². The molecule has 0 aromatic carbocycles. The van der Waals surface area contributed by atoms with E-state index in [2.05, 4.69) is 27.5 Å². The first-order valence-corrected chi connectivity index (χ1v) is 4.53. The van der Waals surface area contributed by atoms with Gasteiger partial charge in [0, 0.05) is 18.9 Å². The van der Waals surface area contributed by atoms with Gasteiger partial charge in [-0.15, -0.1) is 5.10 Å². The summed E-state index contributed by atoms with van der Waals surface area (Å²) < 4.78 is 1.64. The van der Waals surface area contributed by atoms with Crippen LogP contribution in [0.15, 0.2) is 30.9 Å². The minimum Gasteiger partial charge on any atom is -0.390 e. The second-order valence-electron chi connectivity index (χ2n) is 2.86. The SMILES string of the molecule is C=CN/C=C(/Cn1cc(CO)nn1)NC. The molecule has 0 amide bonds. The number of rotatable bonds is 6. The van der Waals surface area contributed by atoms with Gasteiger partial charge in [0.15, 0.2) is 0 Å². The van der Waals surface area contributed by atoms with Crippen molar-refractivity contribution in [1.29, 1.82) is 0 Å². The first-order valence-electron chi connectivity index (χ1n) is 4.53. The van der Waals surface area contributed by atoms with Crippen LogP contribution in [0.2, 0.25) is 0 Å². The molecule has 1 aromatic heterocycles. The van der Waals surface area contributed by atoms with Crippen LogP contribution in [-0.4, -0.2) is 27.1 Å². The van der Waals surface area contributed by atoms with Crippen molar-refractivity contribution < 1.29 is 5.11 Å². The molecule has 0 aliphatic heterocycles. The minimum absolute atomic E-state index is 0.0937. The summed E-state index contributed by atoms with van der Waals surface area (Å²) in [6.07, 6.45) is 5.06. The Kier molecular flexibility index (Phi) is 4.36. The van der Waals surface area contributed by atoms with Crippen LogP contribution < -0.4 is 10.6 Å². The predicted octanol–water partition coefficient (Wildman–Crippen LogP) is -0.436. The van der Waals surface area contributed by atoms with E-state index < -0.39 is 0 Å². The smallest absolute Gasteiger partial charge is 0.108 e. The molecule has 6 heteroatoms. The van der Waals surface area contributed by atoms with Gasteiger partial charge in [0.2, 0.25) is 0 Å². The molecule has 1 heterocycles. The Morgan fingerprint density at radius 2 is 2.53 bits per heavy atom. The average molecular weight is 209 g/mol. The summed E-state index contributed by atoms with van der Waals surface area (Å²) in [5.74, 6) is 0. The highest BCUT2D eigenvalue weighted by Crippen LogP contribution is 1.96. The van der Waals surface area contributed by atoms with E-state index in [-0.39, 0.29) is 6.61 Å². The number of aliphatic hydroxyl groups is 1. The second kappa shape index (κ2) is 5.82. The van der Waals surface area contributed by atoms with E-state index in [1.165, 1.54) is 0 Å². The lowest BCUT2D eigenvalue weighted by atomic mass is 10.4. The molecule has 82 valence electrons. The molecule has 0 saturated heterocycles. The molecule has 3 N–H and O–H groups in total. The number of allylic oxidation sites excluding steroid dienone is 1. The van der Waals surface area contributed by atoms with E-state index in [4.69, 9.17) is 5.11 Å². The molecular weight excluding hydrogens is 194 g/mol. The highest BCUT2D eigenvalue weighted by atomic mass is 16.3. The molecule has 1 aromatic rings. The maximum absolute atomic E-state index is 8.81. The van der Waals surface area contributed by atoms with Gasteiger partial charge >= 0.3 is 0 Å². The predicted molar refractivity (Wildman–Crippen MR) is 56.4 cm³/mol. The summed E-state index contributed by atoms with van der Waals surface area (Å²) >= 11 is 0. The Morgan fingerprint density at radius 1 is 1.73 bits per heavy atom. The number of hydrogen-bond donors (Lipinski definition) is 3. The summed E-state index contributed by atoms with van der Waals surface area (Å²) in [7, 11) is 1.82. The summed E-state index contributed by atoms with van der Waals surface area (Å²) in [6, 6.07) is 0. The first kappa shape index (κ1) is 11.3. The van der Waals surface area contributed by atoms with Gasteiger partial charge in [-0.2, -0.15) is 0 Å². The topological polar surface area (TPSA) is 75.0 Å². The summed E-state index contributed by atoms with van der Waals surface area (Å²) in [5.41, 5.74) is 1.49. The van der Waals surface area contributed by atoms with Gasteiger partial charge in [0.25, 0.3) is 0 Å². The van der Waals surface area contributed by atoms with Gasteiger partial charge in [-0.3, -0.25) is 0 Å². The monoisotopic (exact) mass is 209 g/mol. The van der Waals surface area contributed by atoms with Crippen molar-refractivity contribution in [2.45, 2.75) is 13.2 Å². The normalized spacial score (nSPS) is 11.2. The molecule has 15 heavy (non-hydrogen) atoms.